The van der Waals surface area contributed by atoms with Crippen molar-refractivity contribution in [3.8, 4) is 5.75 Å². The molecule has 1 aromatic carbocycles. The van der Waals surface area contributed by atoms with E-state index in [2.05, 4.69) is 0 Å². The molecule has 1 fully saturated rings. The van der Waals surface area contributed by atoms with E-state index in [9.17, 15) is 9.18 Å². The molecule has 0 N–H and O–H groups in total. The third kappa shape index (κ3) is 3.23. The highest BCUT2D eigenvalue weighted by atomic mass is 32.1. The van der Waals surface area contributed by atoms with Crippen molar-refractivity contribution in [2.24, 2.45) is 0 Å². The Labute approximate surface area is 138 Å². The van der Waals surface area contributed by atoms with Gasteiger partial charge in [-0.1, -0.05) is 18.2 Å². The SMILES string of the molecule is CCOCCN1C(=O)[C@@H](Oc2ccccc2F)[C@@H]1c1cccs1. The number of halogens is 1. The average molecular weight is 335 g/mol. The monoisotopic (exact) mass is 335 g/mol. The number of amides is 1. The van der Waals surface area contributed by atoms with E-state index in [1.165, 1.54) is 12.1 Å². The van der Waals surface area contributed by atoms with Crippen molar-refractivity contribution in [1.29, 1.82) is 0 Å². The molecule has 1 amide bonds. The van der Waals surface area contributed by atoms with Gasteiger partial charge in [0.05, 0.1) is 6.61 Å². The van der Waals surface area contributed by atoms with Gasteiger partial charge < -0.3 is 14.4 Å². The van der Waals surface area contributed by atoms with Gasteiger partial charge in [-0.2, -0.15) is 0 Å². The van der Waals surface area contributed by atoms with Crippen LogP contribution in [0.25, 0.3) is 0 Å². The quantitative estimate of drug-likeness (QED) is 0.576. The highest BCUT2D eigenvalue weighted by Crippen LogP contribution is 2.39. The topological polar surface area (TPSA) is 38.8 Å². The Kier molecular flexibility index (Phi) is 4.93. The van der Waals surface area contributed by atoms with Crippen molar-refractivity contribution < 1.29 is 18.7 Å². The molecule has 1 aliphatic heterocycles. The van der Waals surface area contributed by atoms with Crippen LogP contribution in [0, 0.1) is 5.82 Å². The number of ether oxygens (including phenoxy) is 2. The summed E-state index contributed by atoms with van der Waals surface area (Å²) in [6, 6.07) is 9.85. The standard InChI is InChI=1S/C17H18FNO3S/c1-2-21-10-9-19-15(14-8-5-11-23-14)16(17(19)20)22-13-7-4-3-6-12(13)18/h3-8,11,15-16H,2,9-10H2,1H3/t15-,16-/m0/s1. The Hall–Kier alpha value is -1.92. The van der Waals surface area contributed by atoms with Crippen LogP contribution in [0.15, 0.2) is 41.8 Å². The molecule has 1 saturated heterocycles. The van der Waals surface area contributed by atoms with Gasteiger partial charge in [-0.3, -0.25) is 4.79 Å². The van der Waals surface area contributed by atoms with Crippen molar-refractivity contribution in [3.05, 3.63) is 52.5 Å². The summed E-state index contributed by atoms with van der Waals surface area (Å²) in [7, 11) is 0. The molecule has 1 aliphatic rings. The molecule has 0 unspecified atom stereocenters. The summed E-state index contributed by atoms with van der Waals surface area (Å²) in [4.78, 5) is 15.2. The van der Waals surface area contributed by atoms with Gasteiger partial charge in [0.25, 0.3) is 5.91 Å². The highest BCUT2D eigenvalue weighted by molar-refractivity contribution is 7.10. The van der Waals surface area contributed by atoms with Crippen LogP contribution in [0.2, 0.25) is 0 Å². The van der Waals surface area contributed by atoms with Crippen LogP contribution < -0.4 is 4.74 Å². The first kappa shape index (κ1) is 16.0. The zero-order chi connectivity index (χ0) is 16.2. The number of likely N-dealkylation sites (tertiary alicyclic amines) is 1. The number of rotatable bonds is 7. The van der Waals surface area contributed by atoms with Crippen LogP contribution in [-0.2, 0) is 9.53 Å². The molecular formula is C17H18FNO3S. The Balaban J connectivity index is 1.76. The van der Waals surface area contributed by atoms with Crippen LogP contribution in [0.1, 0.15) is 17.8 Å². The van der Waals surface area contributed by atoms with Gasteiger partial charge in [0.1, 0.15) is 6.04 Å². The fourth-order valence-corrected chi connectivity index (χ4v) is 3.49. The molecule has 2 heterocycles. The Morgan fingerprint density at radius 1 is 1.26 bits per heavy atom. The molecule has 0 spiro atoms. The summed E-state index contributed by atoms with van der Waals surface area (Å²) in [6.45, 7) is 3.52. The zero-order valence-electron chi connectivity index (χ0n) is 12.8. The van der Waals surface area contributed by atoms with Crippen LogP contribution in [0.4, 0.5) is 4.39 Å². The second-order valence-electron chi connectivity index (χ2n) is 5.16. The molecule has 2 aromatic rings. The lowest BCUT2D eigenvalue weighted by atomic mass is 9.96. The lowest BCUT2D eigenvalue weighted by molar-refractivity contribution is -0.165. The fourth-order valence-electron chi connectivity index (χ4n) is 2.63. The van der Waals surface area contributed by atoms with Gasteiger partial charge in [-0.05, 0) is 30.5 Å². The number of thiophene rings is 1. The third-order valence-electron chi connectivity index (χ3n) is 3.75. The van der Waals surface area contributed by atoms with E-state index in [1.54, 1.807) is 28.4 Å². The number of hydrogen-bond acceptors (Lipinski definition) is 4. The number of β-lactam (4-membered cyclic amide) rings is 1. The van der Waals surface area contributed by atoms with E-state index in [0.29, 0.717) is 19.8 Å². The maximum atomic E-state index is 13.8. The first-order chi connectivity index (χ1) is 11.2. The van der Waals surface area contributed by atoms with Crippen molar-refractivity contribution >= 4 is 17.2 Å². The van der Waals surface area contributed by atoms with Crippen LogP contribution in [-0.4, -0.2) is 36.7 Å². The molecule has 6 heteroatoms. The summed E-state index contributed by atoms with van der Waals surface area (Å²) in [5.41, 5.74) is 0. The molecule has 4 nitrogen and oxygen atoms in total. The summed E-state index contributed by atoms with van der Waals surface area (Å²) in [5, 5.41) is 1.96. The lowest BCUT2D eigenvalue weighted by Gasteiger charge is -2.46. The molecule has 1 aromatic heterocycles. The number of benzene rings is 1. The summed E-state index contributed by atoms with van der Waals surface area (Å²) in [6.07, 6.45) is -0.688. The molecule has 3 rings (SSSR count). The minimum Gasteiger partial charge on any atom is -0.475 e. The van der Waals surface area contributed by atoms with Crippen LogP contribution in [0.5, 0.6) is 5.75 Å². The van der Waals surface area contributed by atoms with E-state index >= 15 is 0 Å². The number of carbonyl (C=O) groups is 1. The molecular weight excluding hydrogens is 317 g/mol. The first-order valence-electron chi connectivity index (χ1n) is 7.55. The first-order valence-corrected chi connectivity index (χ1v) is 8.43. The zero-order valence-corrected chi connectivity index (χ0v) is 13.6. The number of nitrogens with zero attached hydrogens (tertiary/aromatic N) is 1. The molecule has 0 radical (unpaired) electrons. The van der Waals surface area contributed by atoms with E-state index < -0.39 is 11.9 Å². The van der Waals surface area contributed by atoms with Crippen molar-refractivity contribution in [2.75, 3.05) is 19.8 Å². The molecule has 0 aliphatic carbocycles. The predicted molar refractivity (Wildman–Crippen MR) is 86.1 cm³/mol. The highest BCUT2D eigenvalue weighted by Gasteiger charge is 2.50. The van der Waals surface area contributed by atoms with Gasteiger partial charge in [0.2, 0.25) is 6.10 Å². The molecule has 0 saturated carbocycles. The number of carbonyl (C=O) groups excluding carboxylic acids is 1. The van der Waals surface area contributed by atoms with Crippen molar-refractivity contribution in [2.45, 2.75) is 19.1 Å². The molecule has 122 valence electrons. The predicted octanol–water partition coefficient (Wildman–Crippen LogP) is 3.25. The second kappa shape index (κ2) is 7.10. The maximum absolute atomic E-state index is 13.8. The largest absolute Gasteiger partial charge is 0.475 e. The van der Waals surface area contributed by atoms with Gasteiger partial charge in [0, 0.05) is 18.0 Å². The smallest absolute Gasteiger partial charge is 0.267 e. The van der Waals surface area contributed by atoms with Gasteiger partial charge >= 0.3 is 0 Å². The van der Waals surface area contributed by atoms with E-state index in [0.717, 1.165) is 4.88 Å². The van der Waals surface area contributed by atoms with Gasteiger partial charge in [-0.15, -0.1) is 11.3 Å². The second-order valence-corrected chi connectivity index (χ2v) is 6.14. The fraction of sp³-hybridized carbons (Fsp3) is 0.353. The lowest BCUT2D eigenvalue weighted by Crippen LogP contribution is -2.61. The van der Waals surface area contributed by atoms with Crippen LogP contribution in [0.3, 0.4) is 0 Å². The normalized spacial score (nSPS) is 20.4. The van der Waals surface area contributed by atoms with E-state index in [1.807, 2.05) is 24.4 Å². The minimum atomic E-state index is -0.688. The third-order valence-corrected chi connectivity index (χ3v) is 4.70. The van der Waals surface area contributed by atoms with E-state index in [-0.39, 0.29) is 17.7 Å². The minimum absolute atomic E-state index is 0.108. The number of hydrogen-bond donors (Lipinski definition) is 0. The van der Waals surface area contributed by atoms with Crippen molar-refractivity contribution in [1.82, 2.24) is 4.90 Å². The summed E-state index contributed by atoms with van der Waals surface area (Å²) < 4.78 is 24.8. The van der Waals surface area contributed by atoms with Gasteiger partial charge in [-0.25, -0.2) is 4.39 Å². The molecule has 2 atom stereocenters. The van der Waals surface area contributed by atoms with Crippen molar-refractivity contribution in [3.63, 3.8) is 0 Å². The van der Waals surface area contributed by atoms with E-state index in [4.69, 9.17) is 9.47 Å². The molecule has 0 bridgehead atoms. The summed E-state index contributed by atoms with van der Waals surface area (Å²) in [5.74, 6) is -0.485. The average Bonchev–Trinajstić information content (AvgIpc) is 3.07. The maximum Gasteiger partial charge on any atom is 0.267 e. The van der Waals surface area contributed by atoms with Gasteiger partial charge in [0.15, 0.2) is 11.6 Å². The molecule has 23 heavy (non-hydrogen) atoms. The Morgan fingerprint density at radius 3 is 2.78 bits per heavy atom. The Morgan fingerprint density at radius 2 is 2.09 bits per heavy atom. The Bertz CT molecular complexity index is 662. The number of para-hydroxylation sites is 1. The summed E-state index contributed by atoms with van der Waals surface area (Å²) >= 11 is 1.56. The van der Waals surface area contributed by atoms with Crippen LogP contribution >= 0.6 is 11.3 Å².